The van der Waals surface area contributed by atoms with Gasteiger partial charge < -0.3 is 9.73 Å². The lowest BCUT2D eigenvalue weighted by Crippen LogP contribution is -2.12. The normalized spacial score (nSPS) is 10.6. The van der Waals surface area contributed by atoms with E-state index in [4.69, 9.17) is 4.42 Å². The van der Waals surface area contributed by atoms with E-state index >= 15 is 0 Å². The third kappa shape index (κ3) is 4.77. The summed E-state index contributed by atoms with van der Waals surface area (Å²) < 4.78 is 5.32. The van der Waals surface area contributed by atoms with Gasteiger partial charge in [0.25, 0.3) is 5.91 Å². The van der Waals surface area contributed by atoms with Gasteiger partial charge in [-0.1, -0.05) is 29.8 Å². The molecule has 25 heavy (non-hydrogen) atoms. The van der Waals surface area contributed by atoms with Crippen LogP contribution in [0.2, 0.25) is 0 Å². The summed E-state index contributed by atoms with van der Waals surface area (Å²) in [5.74, 6) is 2.64. The second-order valence-corrected chi connectivity index (χ2v) is 7.03. The maximum atomic E-state index is 12.4. The lowest BCUT2D eigenvalue weighted by Gasteiger charge is -2.09. The number of hydrogen-bond donors (Lipinski definition) is 1. The van der Waals surface area contributed by atoms with Gasteiger partial charge in [0.2, 0.25) is 0 Å². The first-order chi connectivity index (χ1) is 12.1. The number of aryl methyl sites for hydroxylation is 2. The number of nitrogens with one attached hydrogen (secondary N) is 1. The summed E-state index contributed by atoms with van der Waals surface area (Å²) in [6, 6.07) is 17.7. The van der Waals surface area contributed by atoms with Crippen molar-refractivity contribution in [3.63, 3.8) is 0 Å². The molecule has 0 saturated carbocycles. The van der Waals surface area contributed by atoms with Crippen LogP contribution in [0.1, 0.15) is 32.8 Å². The van der Waals surface area contributed by atoms with Crippen LogP contribution >= 0.6 is 11.8 Å². The molecule has 1 N–H and O–H groups in total. The maximum Gasteiger partial charge on any atom is 0.255 e. The van der Waals surface area contributed by atoms with Crippen LogP contribution in [0.15, 0.2) is 65.3 Å². The molecule has 3 aromatic rings. The first-order valence-electron chi connectivity index (χ1n) is 8.19. The van der Waals surface area contributed by atoms with Gasteiger partial charge >= 0.3 is 0 Å². The lowest BCUT2D eigenvalue weighted by atomic mass is 10.1. The molecular weight excluding hydrogens is 330 g/mol. The van der Waals surface area contributed by atoms with Crippen LogP contribution in [0, 0.1) is 13.8 Å². The molecule has 128 valence electrons. The number of carbonyl (C=O) groups is 1. The topological polar surface area (TPSA) is 42.2 Å². The highest BCUT2D eigenvalue weighted by molar-refractivity contribution is 7.97. The zero-order valence-electron chi connectivity index (χ0n) is 14.4. The average molecular weight is 351 g/mol. The third-order valence-corrected chi connectivity index (χ3v) is 4.97. The summed E-state index contributed by atoms with van der Waals surface area (Å²) in [4.78, 5) is 12.4. The molecule has 0 aliphatic carbocycles. The van der Waals surface area contributed by atoms with E-state index in [1.165, 1.54) is 11.1 Å². The quantitative estimate of drug-likeness (QED) is 0.630. The van der Waals surface area contributed by atoms with Crippen molar-refractivity contribution in [2.45, 2.75) is 25.4 Å². The van der Waals surface area contributed by atoms with Gasteiger partial charge in [-0.05, 0) is 55.3 Å². The molecule has 3 nitrogen and oxygen atoms in total. The number of benzene rings is 2. The summed E-state index contributed by atoms with van der Waals surface area (Å²) in [7, 11) is 0. The van der Waals surface area contributed by atoms with Crippen LogP contribution < -0.4 is 5.32 Å². The summed E-state index contributed by atoms with van der Waals surface area (Å²) in [5.41, 5.74) is 4.97. The predicted molar refractivity (Wildman–Crippen MR) is 104 cm³/mol. The summed E-state index contributed by atoms with van der Waals surface area (Å²) in [5, 5.41) is 2.98. The second kappa shape index (κ2) is 8.08. The van der Waals surface area contributed by atoms with Crippen LogP contribution in [-0.4, -0.2) is 5.91 Å². The zero-order chi connectivity index (χ0) is 17.6. The largest absolute Gasteiger partial charge is 0.468 e. The van der Waals surface area contributed by atoms with Crippen LogP contribution in [0.5, 0.6) is 0 Å². The molecule has 0 saturated heterocycles. The smallest absolute Gasteiger partial charge is 0.255 e. The Kier molecular flexibility index (Phi) is 5.61. The molecule has 0 aliphatic rings. The van der Waals surface area contributed by atoms with Crippen molar-refractivity contribution in [2.75, 3.05) is 5.32 Å². The molecule has 0 unspecified atom stereocenters. The van der Waals surface area contributed by atoms with Crippen LogP contribution in [0.3, 0.4) is 0 Å². The molecule has 3 rings (SSSR count). The molecule has 4 heteroatoms. The Morgan fingerprint density at radius 1 is 1.04 bits per heavy atom. The van der Waals surface area contributed by atoms with Crippen molar-refractivity contribution in [3.05, 3.63) is 88.9 Å². The number of amides is 1. The van der Waals surface area contributed by atoms with Crippen LogP contribution in [-0.2, 0) is 11.5 Å². The van der Waals surface area contributed by atoms with E-state index in [0.29, 0.717) is 5.56 Å². The number of hydrogen-bond acceptors (Lipinski definition) is 3. The fraction of sp³-hybridized carbons (Fsp3) is 0.190. The van der Waals surface area contributed by atoms with Gasteiger partial charge in [0, 0.05) is 17.0 Å². The monoisotopic (exact) mass is 351 g/mol. The van der Waals surface area contributed by atoms with E-state index < -0.39 is 0 Å². The first-order valence-corrected chi connectivity index (χ1v) is 9.35. The number of anilines is 1. The van der Waals surface area contributed by atoms with Gasteiger partial charge in [-0.2, -0.15) is 0 Å². The van der Waals surface area contributed by atoms with Crippen molar-refractivity contribution >= 4 is 23.4 Å². The van der Waals surface area contributed by atoms with E-state index in [9.17, 15) is 4.79 Å². The molecule has 1 heterocycles. The SMILES string of the molecule is Cc1ccc(NC(=O)c2ccc(CSCc3ccco3)cc2)c(C)c1. The second-order valence-electron chi connectivity index (χ2n) is 6.04. The average Bonchev–Trinajstić information content (AvgIpc) is 3.11. The highest BCUT2D eigenvalue weighted by Crippen LogP contribution is 2.20. The molecule has 2 aromatic carbocycles. The number of thioether (sulfide) groups is 1. The standard InChI is InChI=1S/C21H21NO2S/c1-15-5-10-20(16(2)12-15)22-21(23)18-8-6-17(7-9-18)13-25-14-19-4-3-11-24-19/h3-12H,13-14H2,1-2H3,(H,22,23). The maximum absolute atomic E-state index is 12.4. The summed E-state index contributed by atoms with van der Waals surface area (Å²) in [6.07, 6.45) is 1.69. The molecule has 0 radical (unpaired) electrons. The van der Waals surface area contributed by atoms with Gasteiger partial charge in [0.15, 0.2) is 0 Å². The van der Waals surface area contributed by atoms with E-state index in [2.05, 4.69) is 11.4 Å². The minimum atomic E-state index is -0.0817. The van der Waals surface area contributed by atoms with Crippen LogP contribution in [0.4, 0.5) is 5.69 Å². The van der Waals surface area contributed by atoms with Gasteiger partial charge in [0.05, 0.1) is 12.0 Å². The van der Waals surface area contributed by atoms with E-state index in [1.54, 1.807) is 18.0 Å². The van der Waals surface area contributed by atoms with E-state index in [1.807, 2.05) is 62.4 Å². The fourth-order valence-electron chi connectivity index (χ4n) is 2.56. The summed E-state index contributed by atoms with van der Waals surface area (Å²) >= 11 is 1.79. The number of furan rings is 1. The minimum absolute atomic E-state index is 0.0817. The Balaban J connectivity index is 1.56. The molecule has 0 spiro atoms. The number of carbonyl (C=O) groups excluding carboxylic acids is 1. The first kappa shape index (κ1) is 17.4. The van der Waals surface area contributed by atoms with Crippen molar-refractivity contribution in [1.29, 1.82) is 0 Å². The summed E-state index contributed by atoms with van der Waals surface area (Å²) in [6.45, 7) is 4.04. The Bertz CT molecular complexity index is 839. The zero-order valence-corrected chi connectivity index (χ0v) is 15.2. The van der Waals surface area contributed by atoms with Crippen LogP contribution in [0.25, 0.3) is 0 Å². The third-order valence-electron chi connectivity index (χ3n) is 3.94. The highest BCUT2D eigenvalue weighted by Gasteiger charge is 2.08. The Labute approximate surface area is 152 Å². The Morgan fingerprint density at radius 2 is 1.84 bits per heavy atom. The van der Waals surface area contributed by atoms with Gasteiger partial charge in [-0.15, -0.1) is 11.8 Å². The molecular formula is C21H21NO2S. The van der Waals surface area contributed by atoms with Gasteiger partial charge in [0.1, 0.15) is 5.76 Å². The molecule has 0 aliphatic heterocycles. The van der Waals surface area contributed by atoms with Crippen molar-refractivity contribution in [3.8, 4) is 0 Å². The molecule has 0 fully saturated rings. The minimum Gasteiger partial charge on any atom is -0.468 e. The Hall–Kier alpha value is -2.46. The van der Waals surface area contributed by atoms with E-state index in [-0.39, 0.29) is 5.91 Å². The lowest BCUT2D eigenvalue weighted by molar-refractivity contribution is 0.102. The van der Waals surface area contributed by atoms with Crippen molar-refractivity contribution in [1.82, 2.24) is 0 Å². The fourth-order valence-corrected chi connectivity index (χ4v) is 3.46. The van der Waals surface area contributed by atoms with Crippen molar-refractivity contribution in [2.24, 2.45) is 0 Å². The van der Waals surface area contributed by atoms with Gasteiger partial charge in [-0.25, -0.2) is 0 Å². The molecule has 1 aromatic heterocycles. The number of rotatable bonds is 6. The highest BCUT2D eigenvalue weighted by atomic mass is 32.2. The molecule has 1 amide bonds. The van der Waals surface area contributed by atoms with E-state index in [0.717, 1.165) is 28.5 Å². The van der Waals surface area contributed by atoms with Crippen molar-refractivity contribution < 1.29 is 9.21 Å². The Morgan fingerprint density at radius 3 is 2.52 bits per heavy atom. The molecule has 0 atom stereocenters. The van der Waals surface area contributed by atoms with Gasteiger partial charge in [-0.3, -0.25) is 4.79 Å². The molecule has 0 bridgehead atoms. The predicted octanol–water partition coefficient (Wildman–Crippen LogP) is 5.58.